The van der Waals surface area contributed by atoms with Crippen molar-refractivity contribution >= 4 is 23.2 Å². The van der Waals surface area contributed by atoms with E-state index in [1.807, 2.05) is 23.1 Å². The van der Waals surface area contributed by atoms with Gasteiger partial charge in [-0.3, -0.25) is 4.79 Å². The summed E-state index contributed by atoms with van der Waals surface area (Å²) in [6, 6.07) is 7.96. The van der Waals surface area contributed by atoms with Crippen molar-refractivity contribution in [1.29, 1.82) is 0 Å². The first-order valence-corrected chi connectivity index (χ1v) is 9.61. The highest BCUT2D eigenvalue weighted by Gasteiger charge is 2.22. The summed E-state index contributed by atoms with van der Waals surface area (Å²) < 4.78 is 0. The molecule has 2 aliphatic heterocycles. The van der Waals surface area contributed by atoms with Gasteiger partial charge in [0.1, 0.15) is 0 Å². The Morgan fingerprint density at radius 2 is 1.67 bits per heavy atom. The highest BCUT2D eigenvalue weighted by molar-refractivity contribution is 6.30. The van der Waals surface area contributed by atoms with Gasteiger partial charge in [0.2, 0.25) is 5.91 Å². The molecule has 0 unspecified atom stereocenters. The van der Waals surface area contributed by atoms with Crippen molar-refractivity contribution in [2.75, 3.05) is 50.7 Å². The number of hydrogen-bond acceptors (Lipinski definition) is 3. The van der Waals surface area contributed by atoms with Crippen LogP contribution < -0.4 is 4.90 Å². The van der Waals surface area contributed by atoms with E-state index in [9.17, 15) is 4.79 Å². The van der Waals surface area contributed by atoms with Crippen LogP contribution in [-0.2, 0) is 4.79 Å². The molecule has 4 nitrogen and oxygen atoms in total. The van der Waals surface area contributed by atoms with Crippen LogP contribution in [-0.4, -0.2) is 61.5 Å². The van der Waals surface area contributed by atoms with E-state index in [-0.39, 0.29) is 0 Å². The first kappa shape index (κ1) is 17.6. The van der Waals surface area contributed by atoms with E-state index in [1.165, 1.54) is 25.7 Å². The molecular formula is C19H28ClN3O. The number of carbonyl (C=O) groups excluding carboxylic acids is 1. The predicted octanol–water partition coefficient (Wildman–Crippen LogP) is 3.25. The van der Waals surface area contributed by atoms with Crippen LogP contribution in [0.3, 0.4) is 0 Å². The first-order valence-electron chi connectivity index (χ1n) is 9.23. The van der Waals surface area contributed by atoms with Gasteiger partial charge in [-0.2, -0.15) is 0 Å². The summed E-state index contributed by atoms with van der Waals surface area (Å²) in [4.78, 5) is 19.3. The number of anilines is 1. The van der Waals surface area contributed by atoms with Crippen LogP contribution in [0.4, 0.5) is 5.69 Å². The van der Waals surface area contributed by atoms with Crippen LogP contribution in [0.15, 0.2) is 24.3 Å². The molecule has 24 heavy (non-hydrogen) atoms. The zero-order valence-corrected chi connectivity index (χ0v) is 15.2. The van der Waals surface area contributed by atoms with Crippen LogP contribution in [0.1, 0.15) is 32.1 Å². The Kier molecular flexibility index (Phi) is 6.38. The normalized spacial score (nSPS) is 20.0. The van der Waals surface area contributed by atoms with Crippen molar-refractivity contribution in [1.82, 2.24) is 9.80 Å². The second kappa shape index (κ2) is 8.72. The molecule has 1 aromatic rings. The van der Waals surface area contributed by atoms with Crippen LogP contribution in [0.25, 0.3) is 0 Å². The number of amides is 1. The lowest BCUT2D eigenvalue weighted by molar-refractivity contribution is -0.131. The molecule has 2 heterocycles. The van der Waals surface area contributed by atoms with Gasteiger partial charge in [-0.25, -0.2) is 0 Å². The number of likely N-dealkylation sites (tertiary alicyclic amines) is 1. The van der Waals surface area contributed by atoms with Gasteiger partial charge in [-0.15, -0.1) is 0 Å². The molecule has 3 rings (SSSR count). The van der Waals surface area contributed by atoms with Crippen molar-refractivity contribution in [3.63, 3.8) is 0 Å². The maximum atomic E-state index is 12.5. The number of hydrogen-bond donors (Lipinski definition) is 0. The van der Waals surface area contributed by atoms with Gasteiger partial charge in [-0.1, -0.05) is 30.5 Å². The molecule has 0 aliphatic carbocycles. The fourth-order valence-electron chi connectivity index (χ4n) is 3.66. The molecule has 0 atom stereocenters. The Morgan fingerprint density at radius 3 is 2.33 bits per heavy atom. The lowest BCUT2D eigenvalue weighted by Crippen LogP contribution is -2.49. The molecule has 2 aliphatic rings. The van der Waals surface area contributed by atoms with Gasteiger partial charge < -0.3 is 14.7 Å². The average molecular weight is 350 g/mol. The van der Waals surface area contributed by atoms with Gasteiger partial charge >= 0.3 is 0 Å². The maximum Gasteiger partial charge on any atom is 0.223 e. The zero-order valence-electron chi connectivity index (χ0n) is 14.4. The van der Waals surface area contributed by atoms with Crippen molar-refractivity contribution in [2.24, 2.45) is 0 Å². The number of halogens is 1. The summed E-state index contributed by atoms with van der Waals surface area (Å²) in [6.07, 6.45) is 5.92. The second-order valence-electron chi connectivity index (χ2n) is 6.85. The smallest absolute Gasteiger partial charge is 0.223 e. The molecular weight excluding hydrogens is 322 g/mol. The quantitative estimate of drug-likeness (QED) is 0.834. The summed E-state index contributed by atoms with van der Waals surface area (Å²) >= 11 is 6.07. The molecule has 0 aromatic heterocycles. The third-order valence-electron chi connectivity index (χ3n) is 5.15. The highest BCUT2D eigenvalue weighted by Crippen LogP contribution is 2.21. The molecule has 132 valence electrons. The summed E-state index contributed by atoms with van der Waals surface area (Å²) in [5.41, 5.74) is 1.15. The Hall–Kier alpha value is -1.26. The highest BCUT2D eigenvalue weighted by atomic mass is 35.5. The molecule has 0 radical (unpaired) electrons. The van der Waals surface area contributed by atoms with E-state index >= 15 is 0 Å². The predicted molar refractivity (Wildman–Crippen MR) is 99.8 cm³/mol. The monoisotopic (exact) mass is 349 g/mol. The lowest BCUT2D eigenvalue weighted by atomic mass is 10.2. The first-order chi connectivity index (χ1) is 11.7. The Morgan fingerprint density at radius 1 is 0.958 bits per heavy atom. The molecule has 0 bridgehead atoms. The van der Waals surface area contributed by atoms with E-state index in [0.717, 1.165) is 56.5 Å². The molecule has 1 amide bonds. The van der Waals surface area contributed by atoms with Crippen LogP contribution in [0.2, 0.25) is 5.02 Å². The fourth-order valence-corrected chi connectivity index (χ4v) is 3.84. The van der Waals surface area contributed by atoms with Gasteiger partial charge in [0.25, 0.3) is 0 Å². The minimum atomic E-state index is 0.310. The zero-order chi connectivity index (χ0) is 16.8. The number of nitrogens with zero attached hydrogens (tertiary/aromatic N) is 3. The largest absolute Gasteiger partial charge is 0.368 e. The summed E-state index contributed by atoms with van der Waals surface area (Å²) in [7, 11) is 0. The molecule has 0 spiro atoms. The molecule has 0 N–H and O–H groups in total. The van der Waals surface area contributed by atoms with Crippen molar-refractivity contribution in [2.45, 2.75) is 32.1 Å². The van der Waals surface area contributed by atoms with Crippen LogP contribution >= 0.6 is 11.6 Å². The molecule has 2 saturated heterocycles. The fraction of sp³-hybridized carbons (Fsp3) is 0.632. The van der Waals surface area contributed by atoms with Gasteiger partial charge in [0, 0.05) is 49.9 Å². The van der Waals surface area contributed by atoms with Crippen molar-refractivity contribution in [3.05, 3.63) is 29.3 Å². The van der Waals surface area contributed by atoms with E-state index in [4.69, 9.17) is 11.6 Å². The summed E-state index contributed by atoms with van der Waals surface area (Å²) in [5.74, 6) is 0.310. The van der Waals surface area contributed by atoms with Crippen LogP contribution in [0, 0.1) is 0 Å². The summed E-state index contributed by atoms with van der Waals surface area (Å²) in [6.45, 7) is 6.64. The number of piperazine rings is 1. The van der Waals surface area contributed by atoms with E-state index in [0.29, 0.717) is 12.3 Å². The second-order valence-corrected chi connectivity index (χ2v) is 7.29. The van der Waals surface area contributed by atoms with Gasteiger partial charge in [0.15, 0.2) is 0 Å². The Balaban J connectivity index is 1.43. The lowest BCUT2D eigenvalue weighted by Gasteiger charge is -2.36. The van der Waals surface area contributed by atoms with Gasteiger partial charge in [-0.05, 0) is 44.1 Å². The van der Waals surface area contributed by atoms with E-state index in [2.05, 4.69) is 15.9 Å². The van der Waals surface area contributed by atoms with Crippen LogP contribution in [0.5, 0.6) is 0 Å². The van der Waals surface area contributed by atoms with Crippen molar-refractivity contribution in [3.8, 4) is 0 Å². The average Bonchev–Trinajstić information content (AvgIpc) is 2.89. The minimum Gasteiger partial charge on any atom is -0.368 e. The van der Waals surface area contributed by atoms with Crippen molar-refractivity contribution < 1.29 is 4.79 Å². The maximum absolute atomic E-state index is 12.5. The molecule has 2 fully saturated rings. The van der Waals surface area contributed by atoms with E-state index < -0.39 is 0 Å². The third kappa shape index (κ3) is 4.87. The SMILES string of the molecule is O=C(CCN1CCCCCC1)N1CCN(c2cccc(Cl)c2)CC1. The minimum absolute atomic E-state index is 0.310. The third-order valence-corrected chi connectivity index (χ3v) is 5.38. The number of benzene rings is 1. The molecule has 5 heteroatoms. The molecule has 1 aromatic carbocycles. The topological polar surface area (TPSA) is 26.8 Å². The van der Waals surface area contributed by atoms with E-state index in [1.54, 1.807) is 0 Å². The summed E-state index contributed by atoms with van der Waals surface area (Å²) in [5, 5.41) is 0.767. The standard InChI is InChI=1S/C19H28ClN3O/c20-17-6-5-7-18(16-17)22-12-14-23(15-13-22)19(24)8-11-21-9-3-1-2-4-10-21/h5-7,16H,1-4,8-15H2. The Labute approximate surface area is 150 Å². The number of rotatable bonds is 4. The van der Waals surface area contributed by atoms with Gasteiger partial charge in [0.05, 0.1) is 0 Å². The number of carbonyl (C=O) groups is 1. The molecule has 0 saturated carbocycles. The Bertz CT molecular complexity index is 535.